The number of pyridine rings is 2. The zero-order valence-electron chi connectivity index (χ0n) is 20.4. The van der Waals surface area contributed by atoms with E-state index in [1.807, 2.05) is 36.4 Å². The molecule has 4 heterocycles. The Kier molecular flexibility index (Phi) is 7.27. The van der Waals surface area contributed by atoms with E-state index in [1.54, 1.807) is 28.8 Å². The molecular weight excluding hydrogens is 540 g/mol. The molecule has 13 heteroatoms. The van der Waals surface area contributed by atoms with Crippen LogP contribution in [0.25, 0.3) is 28.7 Å². The maximum Gasteiger partial charge on any atom is 0.247 e. The van der Waals surface area contributed by atoms with Crippen molar-refractivity contribution in [3.8, 4) is 34.7 Å². The first-order chi connectivity index (χ1) is 18.8. The summed E-state index contributed by atoms with van der Waals surface area (Å²) in [6.45, 7) is 0. The molecule has 0 spiro atoms. The first-order valence-electron chi connectivity index (χ1n) is 11.5. The van der Waals surface area contributed by atoms with E-state index in [2.05, 4.69) is 30.4 Å². The molecule has 0 aliphatic rings. The minimum atomic E-state index is -3.39. The van der Waals surface area contributed by atoms with Crippen LogP contribution in [0.15, 0.2) is 82.4 Å². The summed E-state index contributed by atoms with van der Waals surface area (Å²) in [6.07, 6.45) is 8.47. The van der Waals surface area contributed by atoms with Crippen LogP contribution in [0.2, 0.25) is 5.02 Å². The van der Waals surface area contributed by atoms with E-state index >= 15 is 0 Å². The number of rotatable bonds is 8. The molecule has 5 rings (SSSR count). The molecule has 0 aliphatic carbocycles. The summed E-state index contributed by atoms with van der Waals surface area (Å²) in [6, 6.07) is 15.6. The summed E-state index contributed by atoms with van der Waals surface area (Å²) in [5, 5.41) is 26.3. The fourth-order valence-electron chi connectivity index (χ4n) is 3.68. The van der Waals surface area contributed by atoms with Crippen LogP contribution in [0.1, 0.15) is 17.4 Å². The number of hydrogen-bond acceptors (Lipinski definition) is 10. The second-order valence-corrected chi connectivity index (χ2v) is 10.7. The molecule has 39 heavy (non-hydrogen) atoms. The number of para-hydroxylation sites is 1. The van der Waals surface area contributed by atoms with Gasteiger partial charge in [-0.25, -0.2) is 13.4 Å². The summed E-state index contributed by atoms with van der Waals surface area (Å²) < 4.78 is 31.2. The fraction of sp³-hybridized carbons (Fsp3) is 0.115. The van der Waals surface area contributed by atoms with Gasteiger partial charge in [0.05, 0.1) is 15.6 Å². The Labute approximate surface area is 228 Å². The molecule has 11 nitrogen and oxygen atoms in total. The molecule has 0 fully saturated rings. The third kappa shape index (κ3) is 5.74. The third-order valence-electron chi connectivity index (χ3n) is 5.56. The highest BCUT2D eigenvalue weighted by molar-refractivity contribution is 7.90. The van der Waals surface area contributed by atoms with Gasteiger partial charge in [-0.3, -0.25) is 9.55 Å². The summed E-state index contributed by atoms with van der Waals surface area (Å²) in [5.74, 6) is 1.72. The van der Waals surface area contributed by atoms with Gasteiger partial charge in [0.1, 0.15) is 23.3 Å². The van der Waals surface area contributed by atoms with E-state index in [4.69, 9.17) is 21.3 Å². The highest BCUT2D eigenvalue weighted by Gasteiger charge is 2.19. The van der Waals surface area contributed by atoms with Gasteiger partial charge in [0, 0.05) is 37.1 Å². The second-order valence-electron chi connectivity index (χ2n) is 8.30. The number of halogens is 1. The number of aromatic nitrogens is 7. The Bertz CT molecular complexity index is 1820. The van der Waals surface area contributed by atoms with Crippen molar-refractivity contribution < 1.29 is 12.8 Å². The van der Waals surface area contributed by atoms with Crippen molar-refractivity contribution in [1.82, 2.24) is 34.9 Å². The van der Waals surface area contributed by atoms with Gasteiger partial charge >= 0.3 is 0 Å². The highest BCUT2D eigenvalue weighted by atomic mass is 35.5. The predicted octanol–water partition coefficient (Wildman–Crippen LogP) is 4.04. The van der Waals surface area contributed by atoms with Crippen molar-refractivity contribution in [2.45, 2.75) is 17.7 Å². The molecule has 0 radical (unpaired) electrons. The zero-order valence-corrected chi connectivity index (χ0v) is 22.0. The van der Waals surface area contributed by atoms with Gasteiger partial charge in [-0.1, -0.05) is 35.9 Å². The van der Waals surface area contributed by atoms with E-state index in [9.17, 15) is 8.42 Å². The quantitative estimate of drug-likeness (QED) is 0.255. The summed E-state index contributed by atoms with van der Waals surface area (Å²) in [5.41, 5.74) is 1.98. The largest absolute Gasteiger partial charge is 0.420 e. The number of sulfone groups is 1. The Morgan fingerprint density at radius 1 is 1.03 bits per heavy atom. The van der Waals surface area contributed by atoms with Crippen molar-refractivity contribution in [2.75, 3.05) is 6.26 Å². The minimum Gasteiger partial charge on any atom is -0.420 e. The fourth-order valence-corrected chi connectivity index (χ4v) is 4.46. The molecule has 0 saturated carbocycles. The second kappa shape index (κ2) is 10.9. The molecule has 0 N–H and O–H groups in total. The van der Waals surface area contributed by atoms with Gasteiger partial charge in [0.25, 0.3) is 0 Å². The van der Waals surface area contributed by atoms with Crippen LogP contribution in [0.3, 0.4) is 0 Å². The lowest BCUT2D eigenvalue weighted by atomic mass is 10.2. The Morgan fingerprint density at radius 3 is 2.59 bits per heavy atom. The third-order valence-corrected chi connectivity index (χ3v) is 6.98. The van der Waals surface area contributed by atoms with Crippen LogP contribution in [-0.2, 0) is 22.7 Å². The van der Waals surface area contributed by atoms with Gasteiger partial charge < -0.3 is 4.42 Å². The summed E-state index contributed by atoms with van der Waals surface area (Å²) >= 11 is 6.50. The molecule has 0 unspecified atom stereocenters. The van der Waals surface area contributed by atoms with Gasteiger partial charge in [0.2, 0.25) is 11.8 Å². The molecule has 0 saturated heterocycles. The molecule has 5 aromatic rings. The van der Waals surface area contributed by atoms with E-state index in [-0.39, 0.29) is 10.6 Å². The standard InChI is InChI=1S/C26H19ClN8O3S/c1-39(36,37)19-10-11-21(30-16-19)25-33-31-23(35(25)22-7-3-2-6-20(22)27)8-4-5-9-24-32-34-26(38-24)17-12-13-29-18(14-17)15-28/h2-7,10-14,16H,8-9H2,1H3. The molecule has 0 aliphatic heterocycles. The van der Waals surface area contributed by atoms with E-state index in [0.717, 1.165) is 6.26 Å². The average molecular weight is 559 g/mol. The smallest absolute Gasteiger partial charge is 0.247 e. The van der Waals surface area contributed by atoms with Gasteiger partial charge in [0.15, 0.2) is 15.7 Å². The van der Waals surface area contributed by atoms with Crippen LogP contribution in [0.4, 0.5) is 0 Å². The van der Waals surface area contributed by atoms with Crippen LogP contribution >= 0.6 is 11.6 Å². The van der Waals surface area contributed by atoms with Crippen LogP contribution in [-0.4, -0.2) is 49.6 Å². The summed E-state index contributed by atoms with van der Waals surface area (Å²) in [7, 11) is -3.39. The molecule has 0 amide bonds. The highest BCUT2D eigenvalue weighted by Crippen LogP contribution is 2.27. The van der Waals surface area contributed by atoms with Crippen LogP contribution in [0.5, 0.6) is 0 Å². The SMILES string of the molecule is CS(=O)(=O)c1ccc(-c2nnc(CC=CCc3nnc(-c4ccnc(C#N)c4)o3)n2-c2ccccc2Cl)nc1. The number of nitriles is 1. The molecule has 0 bridgehead atoms. The van der Waals surface area contributed by atoms with Gasteiger partial charge in [-0.05, 0) is 36.4 Å². The molecule has 194 valence electrons. The average Bonchev–Trinajstić information content (AvgIpc) is 3.58. The van der Waals surface area contributed by atoms with Gasteiger partial charge in [-0.2, -0.15) is 5.26 Å². The zero-order chi connectivity index (χ0) is 27.4. The van der Waals surface area contributed by atoms with Crippen molar-refractivity contribution >= 4 is 21.4 Å². The van der Waals surface area contributed by atoms with E-state index in [0.29, 0.717) is 58.2 Å². The number of benzene rings is 1. The maximum atomic E-state index is 11.8. The Morgan fingerprint density at radius 2 is 1.85 bits per heavy atom. The Balaban J connectivity index is 1.38. The van der Waals surface area contributed by atoms with Crippen LogP contribution < -0.4 is 0 Å². The molecule has 4 aromatic heterocycles. The van der Waals surface area contributed by atoms with Crippen molar-refractivity contribution in [1.29, 1.82) is 5.26 Å². The lowest BCUT2D eigenvalue weighted by Crippen LogP contribution is -2.05. The van der Waals surface area contributed by atoms with Crippen molar-refractivity contribution in [2.24, 2.45) is 0 Å². The lowest BCUT2D eigenvalue weighted by molar-refractivity contribution is 0.520. The number of hydrogen-bond donors (Lipinski definition) is 0. The van der Waals surface area contributed by atoms with E-state index in [1.165, 1.54) is 18.5 Å². The first-order valence-corrected chi connectivity index (χ1v) is 13.8. The number of nitrogens with zero attached hydrogens (tertiary/aromatic N) is 8. The summed E-state index contributed by atoms with van der Waals surface area (Å²) in [4.78, 5) is 8.35. The molecular formula is C26H19ClN8O3S. The topological polar surface area (TPSA) is 153 Å². The number of allylic oxidation sites excluding steroid dienone is 2. The molecule has 0 atom stereocenters. The minimum absolute atomic E-state index is 0.108. The van der Waals surface area contributed by atoms with Crippen molar-refractivity contribution in [3.63, 3.8) is 0 Å². The lowest BCUT2D eigenvalue weighted by Gasteiger charge is -2.11. The Hall–Kier alpha value is -4.73. The van der Waals surface area contributed by atoms with Gasteiger partial charge in [-0.15, -0.1) is 20.4 Å². The van der Waals surface area contributed by atoms with E-state index < -0.39 is 9.84 Å². The first kappa shape index (κ1) is 25.9. The maximum absolute atomic E-state index is 11.8. The monoisotopic (exact) mass is 558 g/mol. The van der Waals surface area contributed by atoms with Crippen molar-refractivity contribution in [3.05, 3.63) is 95.5 Å². The molecule has 1 aromatic carbocycles. The predicted molar refractivity (Wildman–Crippen MR) is 142 cm³/mol. The normalized spacial score (nSPS) is 11.6. The van der Waals surface area contributed by atoms with Crippen LogP contribution in [0, 0.1) is 11.3 Å².